The molecule has 1 aromatic carbocycles. The van der Waals surface area contributed by atoms with Crippen LogP contribution < -0.4 is 10.6 Å². The number of hydrogen-bond donors (Lipinski definition) is 2. The molecule has 4 fully saturated rings. The fourth-order valence-corrected chi connectivity index (χ4v) is 8.45. The minimum Gasteiger partial charge on any atom is -0.348 e. The van der Waals surface area contributed by atoms with E-state index < -0.39 is 0 Å². The summed E-state index contributed by atoms with van der Waals surface area (Å²) in [5.74, 6) is 0.144. The van der Waals surface area contributed by atoms with Crippen molar-refractivity contribution >= 4 is 5.91 Å². The lowest BCUT2D eigenvalue weighted by Crippen LogP contribution is -2.72. The van der Waals surface area contributed by atoms with Gasteiger partial charge in [0.1, 0.15) is 5.82 Å². The van der Waals surface area contributed by atoms with E-state index >= 15 is 0 Å². The molecule has 2 aliphatic carbocycles. The monoisotopic (exact) mass is 564 g/mol. The van der Waals surface area contributed by atoms with Crippen molar-refractivity contribution in [1.82, 2.24) is 25.3 Å². The number of piperazine rings is 1. The van der Waals surface area contributed by atoms with E-state index in [1.165, 1.54) is 23.6 Å². The lowest BCUT2D eigenvalue weighted by atomic mass is 9.59. The molecular weight excluding hydrogens is 519 g/mol. The van der Waals surface area contributed by atoms with Crippen molar-refractivity contribution in [1.29, 1.82) is 5.26 Å². The summed E-state index contributed by atoms with van der Waals surface area (Å²) in [6.45, 7) is 7.46. The molecule has 1 amide bonds. The van der Waals surface area contributed by atoms with Crippen LogP contribution in [-0.2, 0) is 22.4 Å². The molecule has 3 aliphatic heterocycles. The Hall–Kier alpha value is -2.35. The first kappa shape index (κ1) is 28.8. The molecule has 1 saturated carbocycles. The number of hydrogen-bond acceptors (Lipinski definition) is 7. The number of benzene rings is 1. The van der Waals surface area contributed by atoms with Crippen LogP contribution in [0.15, 0.2) is 30.9 Å². The number of nitriles is 1. The predicted molar refractivity (Wildman–Crippen MR) is 155 cm³/mol. The second kappa shape index (κ2) is 12.1. The largest absolute Gasteiger partial charge is 0.348 e. The van der Waals surface area contributed by atoms with Crippen molar-refractivity contribution in [2.75, 3.05) is 39.8 Å². The Bertz CT molecular complexity index is 1170. The SMILES string of the molecule is C=CC(=O)N1CCN(C2NC(OCC3CCCN3C)NC3C[C@@]4(CCc5ccc(F)cc5C4)CCC32)CC1CC#N. The van der Waals surface area contributed by atoms with E-state index in [0.717, 1.165) is 58.0 Å². The average Bonchev–Trinajstić information content (AvgIpc) is 3.39. The van der Waals surface area contributed by atoms with Crippen LogP contribution >= 0.6 is 0 Å². The third-order valence-electron chi connectivity index (χ3n) is 10.7. The molecule has 222 valence electrons. The van der Waals surface area contributed by atoms with Gasteiger partial charge in [-0.05, 0) is 99.7 Å². The van der Waals surface area contributed by atoms with E-state index in [1.807, 2.05) is 11.0 Å². The second-order valence-corrected chi connectivity index (χ2v) is 13.1. The standard InChI is InChI=1S/C32H45FN6O2/c1-3-29(40)39-16-15-38(20-25(39)10-13-34)30-27-9-12-32(11-8-22-6-7-24(33)17-23(22)18-32)19-28(27)35-31(36-30)41-21-26-5-4-14-37(26)2/h3,6-7,17,25-28,30-31,35-36H,1,4-5,8-12,14-16,18-21H2,2H3/t25?,26?,27?,28?,30?,31?,32-/m0/s1. The third-order valence-corrected chi connectivity index (χ3v) is 10.7. The van der Waals surface area contributed by atoms with Crippen molar-refractivity contribution in [3.05, 3.63) is 47.8 Å². The highest BCUT2D eigenvalue weighted by Gasteiger charge is 2.50. The number of likely N-dealkylation sites (N-methyl/N-ethyl adjacent to an activating group) is 1. The van der Waals surface area contributed by atoms with E-state index in [0.29, 0.717) is 38.1 Å². The van der Waals surface area contributed by atoms with E-state index in [2.05, 4.69) is 40.1 Å². The van der Waals surface area contributed by atoms with Crippen LogP contribution in [0, 0.1) is 28.5 Å². The van der Waals surface area contributed by atoms with Crippen molar-refractivity contribution in [2.24, 2.45) is 11.3 Å². The van der Waals surface area contributed by atoms with Gasteiger partial charge in [-0.25, -0.2) is 4.39 Å². The van der Waals surface area contributed by atoms with Gasteiger partial charge in [0.05, 0.1) is 31.3 Å². The van der Waals surface area contributed by atoms with Gasteiger partial charge in [-0.2, -0.15) is 5.26 Å². The number of nitrogens with zero attached hydrogens (tertiary/aromatic N) is 4. The van der Waals surface area contributed by atoms with Crippen molar-refractivity contribution < 1.29 is 13.9 Å². The normalized spacial score (nSPS) is 36.0. The molecule has 0 bridgehead atoms. The quantitative estimate of drug-likeness (QED) is 0.514. The average molecular weight is 565 g/mol. The number of amides is 1. The zero-order valence-corrected chi connectivity index (χ0v) is 24.4. The van der Waals surface area contributed by atoms with Crippen LogP contribution in [0.2, 0.25) is 0 Å². The van der Waals surface area contributed by atoms with Crippen LogP contribution in [-0.4, -0.2) is 91.1 Å². The summed E-state index contributed by atoms with van der Waals surface area (Å²) >= 11 is 0. The van der Waals surface area contributed by atoms with Gasteiger partial charge >= 0.3 is 0 Å². The molecular formula is C32H45FN6O2. The molecule has 1 aromatic rings. The second-order valence-electron chi connectivity index (χ2n) is 13.1. The van der Waals surface area contributed by atoms with Crippen LogP contribution in [0.5, 0.6) is 0 Å². The molecule has 9 heteroatoms. The molecule has 0 aromatic heterocycles. The molecule has 5 aliphatic rings. The summed E-state index contributed by atoms with van der Waals surface area (Å²) in [5.41, 5.74) is 2.65. The molecule has 2 N–H and O–H groups in total. The summed E-state index contributed by atoms with van der Waals surface area (Å²) in [4.78, 5) is 19.2. The Morgan fingerprint density at radius 2 is 2.10 bits per heavy atom. The maximum absolute atomic E-state index is 14.2. The Morgan fingerprint density at radius 1 is 1.22 bits per heavy atom. The van der Waals surface area contributed by atoms with Crippen LogP contribution in [0.3, 0.4) is 0 Å². The van der Waals surface area contributed by atoms with Crippen molar-refractivity contribution in [3.63, 3.8) is 0 Å². The number of nitrogens with one attached hydrogen (secondary N) is 2. The Labute approximate surface area is 243 Å². The van der Waals surface area contributed by atoms with Crippen LogP contribution in [0.25, 0.3) is 0 Å². The highest BCUT2D eigenvalue weighted by Crippen LogP contribution is 2.49. The molecule has 1 spiro atoms. The van der Waals surface area contributed by atoms with Crippen LogP contribution in [0.1, 0.15) is 56.1 Å². The molecule has 41 heavy (non-hydrogen) atoms. The molecule has 8 nitrogen and oxygen atoms in total. The zero-order valence-electron chi connectivity index (χ0n) is 24.4. The van der Waals surface area contributed by atoms with Gasteiger partial charge in [-0.3, -0.25) is 20.3 Å². The smallest absolute Gasteiger partial charge is 0.246 e. The number of carbonyl (C=O) groups is 1. The van der Waals surface area contributed by atoms with Gasteiger partial charge < -0.3 is 14.5 Å². The van der Waals surface area contributed by atoms with E-state index in [-0.39, 0.29) is 41.7 Å². The highest BCUT2D eigenvalue weighted by atomic mass is 19.1. The van der Waals surface area contributed by atoms with Crippen molar-refractivity contribution in [3.8, 4) is 6.07 Å². The molecule has 6 unspecified atom stereocenters. The Balaban J connectivity index is 1.21. The highest BCUT2D eigenvalue weighted by molar-refractivity contribution is 5.87. The zero-order chi connectivity index (χ0) is 28.6. The molecule has 6 rings (SSSR count). The van der Waals surface area contributed by atoms with E-state index in [4.69, 9.17) is 4.74 Å². The maximum atomic E-state index is 14.2. The summed E-state index contributed by atoms with van der Waals surface area (Å²) in [6, 6.07) is 8.18. The fraction of sp³-hybridized carbons (Fsp3) is 0.688. The number of aryl methyl sites for hydroxylation is 1. The van der Waals surface area contributed by atoms with Gasteiger partial charge in [-0.15, -0.1) is 0 Å². The Morgan fingerprint density at radius 3 is 2.88 bits per heavy atom. The molecule has 7 atom stereocenters. The molecule has 0 radical (unpaired) electrons. The molecule has 3 heterocycles. The van der Waals surface area contributed by atoms with Crippen LogP contribution in [0.4, 0.5) is 4.39 Å². The van der Waals surface area contributed by atoms with Gasteiger partial charge in [0, 0.05) is 37.6 Å². The molecule has 3 saturated heterocycles. The third kappa shape index (κ3) is 5.95. The maximum Gasteiger partial charge on any atom is 0.246 e. The van der Waals surface area contributed by atoms with Gasteiger partial charge in [0.15, 0.2) is 6.35 Å². The van der Waals surface area contributed by atoms with E-state index in [9.17, 15) is 14.4 Å². The number of fused-ring (bicyclic) bond motifs is 2. The fourth-order valence-electron chi connectivity index (χ4n) is 8.45. The number of rotatable bonds is 6. The van der Waals surface area contributed by atoms with Gasteiger partial charge in [0.2, 0.25) is 5.91 Å². The van der Waals surface area contributed by atoms with Crippen molar-refractivity contribution in [2.45, 2.75) is 88.4 Å². The van der Waals surface area contributed by atoms with Gasteiger partial charge in [-0.1, -0.05) is 12.6 Å². The topological polar surface area (TPSA) is 83.9 Å². The summed E-state index contributed by atoms with van der Waals surface area (Å²) in [6.07, 6.45) is 10.2. The lowest BCUT2D eigenvalue weighted by molar-refractivity contribution is -0.137. The van der Waals surface area contributed by atoms with E-state index in [1.54, 1.807) is 12.1 Å². The van der Waals surface area contributed by atoms with Gasteiger partial charge in [0.25, 0.3) is 0 Å². The number of likely N-dealkylation sites (tertiary alicyclic amines) is 1. The summed E-state index contributed by atoms with van der Waals surface area (Å²) in [5, 5.41) is 17.2. The lowest BCUT2D eigenvalue weighted by Gasteiger charge is -2.56. The summed E-state index contributed by atoms with van der Waals surface area (Å²) < 4.78 is 20.7. The minimum absolute atomic E-state index is 0.0976. The Kier molecular flexibility index (Phi) is 8.49. The number of carbonyl (C=O) groups excluding carboxylic acids is 1. The first-order valence-electron chi connectivity index (χ1n) is 15.5. The summed E-state index contributed by atoms with van der Waals surface area (Å²) in [7, 11) is 2.18. The predicted octanol–water partition coefficient (Wildman–Crippen LogP) is 3.00. The number of halogens is 1. The minimum atomic E-state index is -0.263. The first-order valence-corrected chi connectivity index (χ1v) is 15.5. The number of ether oxygens (including phenoxy) is 1. The first-order chi connectivity index (χ1) is 19.9.